The number of morpholine rings is 1. The molecule has 2 heterocycles. The van der Waals surface area contributed by atoms with E-state index in [9.17, 15) is 19.5 Å². The molecule has 2 aromatic carbocycles. The first-order chi connectivity index (χ1) is 23.2. The molecule has 260 valence electrons. The van der Waals surface area contributed by atoms with Crippen molar-refractivity contribution in [1.29, 1.82) is 0 Å². The van der Waals surface area contributed by atoms with Crippen LogP contribution in [0, 0.1) is 0 Å². The highest BCUT2D eigenvalue weighted by atomic mass is 32.1. The van der Waals surface area contributed by atoms with Crippen LogP contribution in [0.5, 0.6) is 0 Å². The monoisotopic (exact) mass is 678 g/mol. The van der Waals surface area contributed by atoms with Crippen LogP contribution in [0.2, 0.25) is 0 Å². The number of aromatic nitrogens is 1. The first-order valence-corrected chi connectivity index (χ1v) is 17.7. The summed E-state index contributed by atoms with van der Waals surface area (Å²) in [5.74, 6) is 0.0565. The highest BCUT2D eigenvalue weighted by Gasteiger charge is 2.27. The molecule has 1 aliphatic heterocycles. The van der Waals surface area contributed by atoms with Crippen molar-refractivity contribution in [3.8, 4) is 0 Å². The fourth-order valence-electron chi connectivity index (χ4n) is 5.77. The van der Waals surface area contributed by atoms with Crippen LogP contribution in [0.15, 0.2) is 66.0 Å². The lowest BCUT2D eigenvalue weighted by Gasteiger charge is -2.30. The summed E-state index contributed by atoms with van der Waals surface area (Å²) in [6.45, 7) is 8.00. The van der Waals surface area contributed by atoms with E-state index in [2.05, 4.69) is 39.7 Å². The topological polar surface area (TPSA) is 136 Å². The second-order valence-corrected chi connectivity index (χ2v) is 13.6. The third kappa shape index (κ3) is 12.6. The Bertz CT molecular complexity index is 1420. The number of carbonyl (C=O) groups excluding carboxylic acids is 2. The number of benzene rings is 2. The lowest BCUT2D eigenvalue weighted by molar-refractivity contribution is -0.124. The van der Waals surface area contributed by atoms with Gasteiger partial charge in [-0.3, -0.25) is 9.69 Å². The second kappa shape index (κ2) is 19.1. The van der Waals surface area contributed by atoms with Gasteiger partial charge < -0.3 is 30.7 Å². The van der Waals surface area contributed by atoms with E-state index in [1.54, 1.807) is 23.3 Å². The minimum atomic E-state index is -1.08. The van der Waals surface area contributed by atoms with Crippen molar-refractivity contribution < 1.29 is 24.2 Å². The van der Waals surface area contributed by atoms with Gasteiger partial charge in [0, 0.05) is 50.1 Å². The summed E-state index contributed by atoms with van der Waals surface area (Å²) in [6.07, 6.45) is 1.55. The Labute approximate surface area is 288 Å². The molecule has 2 unspecified atom stereocenters. The molecular weight excluding hydrogens is 629 g/mol. The molecule has 0 spiro atoms. The molecule has 11 nitrogen and oxygen atoms in total. The maximum atomic E-state index is 14.0. The van der Waals surface area contributed by atoms with Gasteiger partial charge in [0.1, 0.15) is 6.04 Å². The molecule has 1 fully saturated rings. The smallest absolute Gasteiger partial charge is 0.404 e. The predicted molar refractivity (Wildman–Crippen MR) is 188 cm³/mol. The number of rotatable bonds is 17. The van der Waals surface area contributed by atoms with E-state index in [4.69, 9.17) is 4.74 Å². The molecule has 0 saturated carbocycles. The van der Waals surface area contributed by atoms with Gasteiger partial charge in [-0.05, 0) is 43.2 Å². The first kappa shape index (κ1) is 36.8. The summed E-state index contributed by atoms with van der Waals surface area (Å²) in [7, 11) is 1.71. The molecule has 0 aliphatic carbocycles. The van der Waals surface area contributed by atoms with E-state index in [0.29, 0.717) is 64.3 Å². The molecule has 0 bridgehead atoms. The summed E-state index contributed by atoms with van der Waals surface area (Å²) in [5.41, 5.74) is 2.91. The molecular formula is C36H50N6O5S. The van der Waals surface area contributed by atoms with Crippen molar-refractivity contribution in [2.24, 2.45) is 0 Å². The number of carbonyl (C=O) groups is 3. The molecule has 3 aromatic rings. The third-order valence-corrected chi connectivity index (χ3v) is 9.64. The van der Waals surface area contributed by atoms with Crippen molar-refractivity contribution in [2.75, 3.05) is 39.9 Å². The van der Waals surface area contributed by atoms with Gasteiger partial charge >= 0.3 is 12.1 Å². The number of carboxylic acid groups (broad SMARTS) is 1. The molecule has 4 amide bonds. The summed E-state index contributed by atoms with van der Waals surface area (Å²) in [4.78, 5) is 47.6. The van der Waals surface area contributed by atoms with E-state index in [1.807, 2.05) is 66.0 Å². The molecule has 4 N–H and O–H groups in total. The minimum Gasteiger partial charge on any atom is -0.465 e. The fourth-order valence-corrected chi connectivity index (χ4v) is 6.59. The van der Waals surface area contributed by atoms with Crippen LogP contribution in [0.4, 0.5) is 9.59 Å². The highest BCUT2D eigenvalue weighted by molar-refractivity contribution is 7.09. The first-order valence-electron chi connectivity index (χ1n) is 16.8. The standard InChI is InChI=1S/C36H50N6O5S/c1-26(2)34-38-31(25-48-34)24-41(3)35(44)40-32(16-17-42-18-20-47-21-19-42)33(43)37-29(22-27-10-6-4-7-11-27)14-15-30(39-36(45)46)23-28-12-8-5-9-13-28/h4-13,25-26,29-30,32,39H,14-24H2,1-3H3,(H,37,43)(H,40,44)(H,45,46)/t29-,30?,32?/m1/s1. The number of ether oxygens (including phenoxy) is 1. The predicted octanol–water partition coefficient (Wildman–Crippen LogP) is 4.89. The second-order valence-electron chi connectivity index (χ2n) is 12.7. The zero-order valence-corrected chi connectivity index (χ0v) is 29.1. The fraction of sp³-hybridized carbons (Fsp3) is 0.500. The van der Waals surface area contributed by atoms with Gasteiger partial charge in [0.05, 0.1) is 30.5 Å². The van der Waals surface area contributed by atoms with Gasteiger partial charge in [-0.1, -0.05) is 74.5 Å². The third-order valence-electron chi connectivity index (χ3n) is 8.45. The average molecular weight is 679 g/mol. The van der Waals surface area contributed by atoms with Gasteiger partial charge in [-0.15, -0.1) is 11.3 Å². The number of nitrogens with zero attached hydrogens (tertiary/aromatic N) is 3. The van der Waals surface area contributed by atoms with Crippen LogP contribution in [0.3, 0.4) is 0 Å². The van der Waals surface area contributed by atoms with E-state index < -0.39 is 12.1 Å². The Morgan fingerprint density at radius 1 is 0.896 bits per heavy atom. The molecule has 0 radical (unpaired) electrons. The number of hydrogen-bond acceptors (Lipinski definition) is 7. The highest BCUT2D eigenvalue weighted by Crippen LogP contribution is 2.20. The lowest BCUT2D eigenvalue weighted by atomic mass is 9.95. The van der Waals surface area contributed by atoms with Crippen molar-refractivity contribution in [3.63, 3.8) is 0 Å². The van der Waals surface area contributed by atoms with Gasteiger partial charge in [0.25, 0.3) is 0 Å². The Hall–Kier alpha value is -4.00. The SMILES string of the molecule is CC(C)c1nc(CN(C)C(=O)NC(CCN2CCOCC2)C(=O)N[C@H](CCC(Cc2ccccc2)NC(=O)O)Cc2ccccc2)cs1. The zero-order valence-electron chi connectivity index (χ0n) is 28.3. The number of thiazole rings is 1. The Morgan fingerprint density at radius 2 is 1.48 bits per heavy atom. The largest absolute Gasteiger partial charge is 0.465 e. The van der Waals surface area contributed by atoms with Gasteiger partial charge in [-0.25, -0.2) is 14.6 Å². The molecule has 4 rings (SSSR count). The number of hydrogen-bond donors (Lipinski definition) is 4. The van der Waals surface area contributed by atoms with Gasteiger partial charge in [-0.2, -0.15) is 0 Å². The van der Waals surface area contributed by atoms with Crippen molar-refractivity contribution in [1.82, 2.24) is 30.7 Å². The van der Waals surface area contributed by atoms with Crippen LogP contribution >= 0.6 is 11.3 Å². The summed E-state index contributed by atoms with van der Waals surface area (Å²) >= 11 is 1.59. The molecule has 1 saturated heterocycles. The van der Waals surface area contributed by atoms with Crippen LogP contribution in [0.25, 0.3) is 0 Å². The van der Waals surface area contributed by atoms with E-state index in [-0.39, 0.29) is 24.0 Å². The van der Waals surface area contributed by atoms with Crippen molar-refractivity contribution in [2.45, 2.75) is 76.5 Å². The Balaban J connectivity index is 1.46. The number of amides is 4. The van der Waals surface area contributed by atoms with Crippen molar-refractivity contribution >= 4 is 29.4 Å². The van der Waals surface area contributed by atoms with E-state index >= 15 is 0 Å². The zero-order chi connectivity index (χ0) is 34.3. The molecule has 1 aliphatic rings. The quantitative estimate of drug-likeness (QED) is 0.160. The van der Waals surface area contributed by atoms with Gasteiger partial charge in [0.2, 0.25) is 5.91 Å². The maximum Gasteiger partial charge on any atom is 0.404 e. The summed E-state index contributed by atoms with van der Waals surface area (Å²) < 4.78 is 5.50. The lowest BCUT2D eigenvalue weighted by Crippen LogP contribution is -2.54. The van der Waals surface area contributed by atoms with Crippen LogP contribution < -0.4 is 16.0 Å². The molecule has 48 heavy (non-hydrogen) atoms. The van der Waals surface area contributed by atoms with Crippen LogP contribution in [-0.2, 0) is 28.9 Å². The Kier molecular flexibility index (Phi) is 14.7. The summed E-state index contributed by atoms with van der Waals surface area (Å²) in [6, 6.07) is 18.0. The number of urea groups is 1. The van der Waals surface area contributed by atoms with Crippen LogP contribution in [-0.4, -0.2) is 95.9 Å². The number of nitrogens with one attached hydrogen (secondary N) is 3. The van der Waals surface area contributed by atoms with Crippen molar-refractivity contribution in [3.05, 3.63) is 87.9 Å². The minimum absolute atomic E-state index is 0.257. The Morgan fingerprint density at radius 3 is 2.02 bits per heavy atom. The normalized spacial score (nSPS) is 15.3. The van der Waals surface area contributed by atoms with Gasteiger partial charge in [0.15, 0.2) is 0 Å². The van der Waals surface area contributed by atoms with E-state index in [0.717, 1.165) is 34.9 Å². The molecule has 1 aromatic heterocycles. The summed E-state index contributed by atoms with van der Waals surface area (Å²) in [5, 5.41) is 21.5. The average Bonchev–Trinajstić information content (AvgIpc) is 3.55. The van der Waals surface area contributed by atoms with Crippen LogP contribution in [0.1, 0.15) is 60.9 Å². The maximum absolute atomic E-state index is 14.0. The molecule has 12 heteroatoms. The van der Waals surface area contributed by atoms with E-state index in [1.165, 1.54) is 0 Å². The molecule has 3 atom stereocenters.